The lowest BCUT2D eigenvalue weighted by Crippen LogP contribution is -2.39. The van der Waals surface area contributed by atoms with E-state index in [9.17, 15) is 9.59 Å². The molecule has 194 valence electrons. The molecule has 0 radical (unpaired) electrons. The third kappa shape index (κ3) is 6.06. The number of rotatable bonds is 9. The summed E-state index contributed by atoms with van der Waals surface area (Å²) < 4.78 is 7.12. The third-order valence-electron chi connectivity index (χ3n) is 6.54. The van der Waals surface area contributed by atoms with Crippen LogP contribution >= 0.6 is 11.6 Å². The molecule has 0 unspecified atom stereocenters. The summed E-state index contributed by atoms with van der Waals surface area (Å²) in [5, 5.41) is 3.51. The lowest BCUT2D eigenvalue weighted by atomic mass is 10.1. The Bertz CT molecular complexity index is 1430. The predicted octanol–water partition coefficient (Wildman–Crippen LogP) is 6.00. The maximum Gasteiger partial charge on any atom is 0.254 e. The molecule has 8 heteroatoms. The summed E-state index contributed by atoms with van der Waals surface area (Å²) in [6.45, 7) is 2.49. The van der Waals surface area contributed by atoms with E-state index in [4.69, 9.17) is 21.3 Å². The number of carbonyl (C=O) groups is 2. The van der Waals surface area contributed by atoms with Gasteiger partial charge in [-0.05, 0) is 86.3 Å². The molecule has 38 heavy (non-hydrogen) atoms. The molecule has 2 amide bonds. The number of amides is 2. The van der Waals surface area contributed by atoms with Crippen LogP contribution in [0.15, 0.2) is 79.0 Å². The van der Waals surface area contributed by atoms with E-state index < -0.39 is 0 Å². The van der Waals surface area contributed by atoms with Crippen LogP contribution in [0.25, 0.3) is 16.9 Å². The molecule has 0 spiro atoms. The van der Waals surface area contributed by atoms with Crippen molar-refractivity contribution in [1.29, 1.82) is 0 Å². The van der Waals surface area contributed by atoms with Crippen LogP contribution < -0.4 is 10.1 Å². The molecule has 1 saturated carbocycles. The van der Waals surface area contributed by atoms with Gasteiger partial charge >= 0.3 is 0 Å². The fraction of sp³-hybridized carbons (Fsp3) is 0.233. The molecule has 5 rings (SSSR count). The fourth-order valence-corrected chi connectivity index (χ4v) is 4.34. The topological polar surface area (TPSA) is 76.5 Å². The third-order valence-corrected chi connectivity index (χ3v) is 6.80. The number of halogens is 1. The van der Waals surface area contributed by atoms with Crippen molar-refractivity contribution in [2.45, 2.75) is 19.8 Å². The van der Waals surface area contributed by atoms with Gasteiger partial charge in [0.05, 0.1) is 12.8 Å². The van der Waals surface area contributed by atoms with Gasteiger partial charge in [-0.3, -0.25) is 19.5 Å². The molecular weight excluding hydrogens is 500 g/mol. The largest absolute Gasteiger partial charge is 0.497 e. The number of hydrogen-bond acceptors (Lipinski definition) is 4. The van der Waals surface area contributed by atoms with E-state index in [1.165, 1.54) is 0 Å². The number of methoxy groups -OCH3 is 1. The van der Waals surface area contributed by atoms with E-state index in [0.717, 1.165) is 35.4 Å². The number of aryl methyl sites for hydroxylation is 1. The summed E-state index contributed by atoms with van der Waals surface area (Å²) in [7, 11) is 1.62. The van der Waals surface area contributed by atoms with Crippen LogP contribution in [0.2, 0.25) is 5.02 Å². The van der Waals surface area contributed by atoms with E-state index in [1.54, 1.807) is 36.3 Å². The van der Waals surface area contributed by atoms with Gasteiger partial charge in [0, 0.05) is 34.6 Å². The highest BCUT2D eigenvalue weighted by molar-refractivity contribution is 6.30. The van der Waals surface area contributed by atoms with Crippen LogP contribution in [0.4, 0.5) is 5.95 Å². The van der Waals surface area contributed by atoms with Gasteiger partial charge in [0.1, 0.15) is 12.3 Å². The highest BCUT2D eigenvalue weighted by Gasteiger charge is 2.29. The first kappa shape index (κ1) is 25.5. The van der Waals surface area contributed by atoms with Crippen molar-refractivity contribution in [3.63, 3.8) is 0 Å². The molecule has 4 aromatic rings. The smallest absolute Gasteiger partial charge is 0.254 e. The highest BCUT2D eigenvalue weighted by Crippen LogP contribution is 2.30. The first-order valence-electron chi connectivity index (χ1n) is 12.5. The average Bonchev–Trinajstić information content (AvgIpc) is 3.66. The van der Waals surface area contributed by atoms with Crippen LogP contribution in [0.1, 0.15) is 28.8 Å². The second-order valence-electron chi connectivity index (χ2n) is 9.57. The predicted molar refractivity (Wildman–Crippen MR) is 149 cm³/mol. The quantitative estimate of drug-likeness (QED) is 0.289. The molecule has 0 aliphatic heterocycles. The van der Waals surface area contributed by atoms with Gasteiger partial charge in [0.2, 0.25) is 11.9 Å². The van der Waals surface area contributed by atoms with Gasteiger partial charge in [0.25, 0.3) is 5.91 Å². The number of hydrogen-bond donors (Lipinski definition) is 1. The molecule has 3 aromatic carbocycles. The molecule has 0 atom stereocenters. The van der Waals surface area contributed by atoms with Gasteiger partial charge < -0.3 is 9.64 Å². The van der Waals surface area contributed by atoms with E-state index in [0.29, 0.717) is 34.7 Å². The van der Waals surface area contributed by atoms with E-state index in [2.05, 4.69) is 5.32 Å². The minimum atomic E-state index is -0.312. The maximum absolute atomic E-state index is 13.3. The number of carbonyl (C=O) groups excluding carboxylic acids is 2. The van der Waals surface area contributed by atoms with Crippen molar-refractivity contribution in [2.75, 3.05) is 25.5 Å². The minimum Gasteiger partial charge on any atom is -0.497 e. The average molecular weight is 529 g/mol. The number of nitrogens with one attached hydrogen (secondary N) is 1. The zero-order valence-corrected chi connectivity index (χ0v) is 22.1. The van der Waals surface area contributed by atoms with Crippen molar-refractivity contribution < 1.29 is 14.3 Å². The van der Waals surface area contributed by atoms with Crippen molar-refractivity contribution in [1.82, 2.24) is 14.5 Å². The molecule has 1 fully saturated rings. The Morgan fingerprint density at radius 1 is 1.03 bits per heavy atom. The van der Waals surface area contributed by atoms with Crippen LogP contribution in [0.3, 0.4) is 0 Å². The number of nitrogens with zero attached hydrogens (tertiary/aromatic N) is 3. The molecule has 1 N–H and O–H groups in total. The van der Waals surface area contributed by atoms with Gasteiger partial charge in [-0.1, -0.05) is 29.3 Å². The Labute approximate surface area is 227 Å². The van der Waals surface area contributed by atoms with Crippen LogP contribution in [-0.4, -0.2) is 46.5 Å². The Morgan fingerprint density at radius 2 is 1.71 bits per heavy atom. The molecule has 1 aliphatic carbocycles. The van der Waals surface area contributed by atoms with E-state index in [1.807, 2.05) is 66.2 Å². The second-order valence-corrected chi connectivity index (χ2v) is 10.0. The number of anilines is 1. The molecule has 0 bridgehead atoms. The Morgan fingerprint density at radius 3 is 2.34 bits per heavy atom. The minimum absolute atomic E-state index is 0.0728. The van der Waals surface area contributed by atoms with Crippen LogP contribution in [0.5, 0.6) is 5.75 Å². The van der Waals surface area contributed by atoms with Crippen molar-refractivity contribution >= 4 is 29.4 Å². The maximum atomic E-state index is 13.3. The molecule has 7 nitrogen and oxygen atoms in total. The standard InChI is InChI=1S/C30H29ClN4O3/c1-20-3-13-25(14-4-20)35-18-27(22-9-15-26(38-2)16-10-22)32-30(35)33-28(36)19-34(17-21-5-6-21)29(37)23-7-11-24(31)12-8-23/h3-4,7-16,18,21H,5-6,17,19H2,1-2H3,(H,32,33,36). The fourth-order valence-electron chi connectivity index (χ4n) is 4.22. The van der Waals surface area contributed by atoms with Gasteiger partial charge in [0.15, 0.2) is 0 Å². The summed E-state index contributed by atoms with van der Waals surface area (Å²) in [4.78, 5) is 32.9. The van der Waals surface area contributed by atoms with E-state index in [-0.39, 0.29) is 18.4 Å². The Balaban J connectivity index is 1.40. The van der Waals surface area contributed by atoms with Gasteiger partial charge in [-0.15, -0.1) is 0 Å². The first-order valence-corrected chi connectivity index (χ1v) is 12.9. The normalized spacial score (nSPS) is 12.7. The highest BCUT2D eigenvalue weighted by atomic mass is 35.5. The van der Waals surface area contributed by atoms with Crippen molar-refractivity contribution in [3.05, 3.63) is 95.1 Å². The number of ether oxygens (including phenoxy) is 1. The second kappa shape index (κ2) is 11.1. The summed E-state index contributed by atoms with van der Waals surface area (Å²) >= 11 is 6.00. The molecule has 1 heterocycles. The van der Waals surface area contributed by atoms with Gasteiger partial charge in [-0.2, -0.15) is 0 Å². The number of imidazole rings is 1. The molecule has 1 aliphatic rings. The zero-order chi connectivity index (χ0) is 26.6. The molecule has 0 saturated heterocycles. The van der Waals surface area contributed by atoms with Crippen molar-refractivity contribution in [2.24, 2.45) is 5.92 Å². The van der Waals surface area contributed by atoms with Crippen LogP contribution in [-0.2, 0) is 4.79 Å². The molecule has 1 aromatic heterocycles. The first-order chi connectivity index (χ1) is 18.4. The summed E-state index contributed by atoms with van der Waals surface area (Å²) in [5.74, 6) is 1.06. The Kier molecular flexibility index (Phi) is 7.47. The van der Waals surface area contributed by atoms with E-state index >= 15 is 0 Å². The summed E-state index contributed by atoms with van der Waals surface area (Å²) in [6.07, 6.45) is 4.02. The monoisotopic (exact) mass is 528 g/mol. The summed E-state index contributed by atoms with van der Waals surface area (Å²) in [6, 6.07) is 22.3. The lowest BCUT2D eigenvalue weighted by molar-refractivity contribution is -0.117. The van der Waals surface area contributed by atoms with Gasteiger partial charge in [-0.25, -0.2) is 4.98 Å². The van der Waals surface area contributed by atoms with Crippen LogP contribution in [0, 0.1) is 12.8 Å². The zero-order valence-electron chi connectivity index (χ0n) is 21.4. The lowest BCUT2D eigenvalue weighted by Gasteiger charge is -2.22. The Hall–Kier alpha value is -4.10. The van der Waals surface area contributed by atoms with Crippen molar-refractivity contribution in [3.8, 4) is 22.7 Å². The SMILES string of the molecule is COc1ccc(-c2cn(-c3ccc(C)cc3)c(NC(=O)CN(CC3CC3)C(=O)c3ccc(Cl)cc3)n2)cc1. The number of benzene rings is 3. The molecular formula is C30H29ClN4O3. The number of aromatic nitrogens is 2. The summed E-state index contributed by atoms with van der Waals surface area (Å²) in [5.41, 5.74) is 4.10.